The number of hydrogen-bond acceptors (Lipinski definition) is 1. The molecular weight excluding hydrogens is 318 g/mol. The number of quaternary nitrogens is 1. The van der Waals surface area contributed by atoms with E-state index in [2.05, 4.69) is 13.8 Å². The summed E-state index contributed by atoms with van der Waals surface area (Å²) in [6, 6.07) is 0. The number of unbranched alkanes of at least 4 members (excludes halogenated alkanes) is 14. The minimum atomic E-state index is -0.00826. The van der Waals surface area contributed by atoms with Crippen LogP contribution in [0.15, 0.2) is 0 Å². The minimum Gasteiger partial charge on any atom is -0.633 e. The van der Waals surface area contributed by atoms with Crippen LogP contribution in [0.4, 0.5) is 0 Å². The first-order valence-corrected chi connectivity index (χ1v) is 10.7. The van der Waals surface area contributed by atoms with Gasteiger partial charge in [0.05, 0.1) is 20.1 Å². The van der Waals surface area contributed by atoms with Gasteiger partial charge >= 0.3 is 0 Å². The molecule has 0 amide bonds. The lowest BCUT2D eigenvalue weighted by molar-refractivity contribution is -0.861. The molecule has 0 radical (unpaired) electrons. The topological polar surface area (TPSA) is 23.1 Å². The molecule has 0 aliphatic rings. The lowest BCUT2D eigenvalue weighted by Crippen LogP contribution is -2.39. The third-order valence-corrected chi connectivity index (χ3v) is 4.97. The summed E-state index contributed by atoms with van der Waals surface area (Å²) in [5.74, 6) is 0. The first-order valence-electron chi connectivity index (χ1n) is 10.7. The van der Waals surface area contributed by atoms with Gasteiger partial charge in [0, 0.05) is 0 Å². The summed E-state index contributed by atoms with van der Waals surface area (Å²) in [7, 11) is 1.88. The third kappa shape index (κ3) is 20.3. The van der Waals surface area contributed by atoms with Crippen molar-refractivity contribution in [3.8, 4) is 0 Å². The fraction of sp³-hybridized carbons (Fsp3) is 1.00. The van der Waals surface area contributed by atoms with Gasteiger partial charge in [0.25, 0.3) is 0 Å². The van der Waals surface area contributed by atoms with Gasteiger partial charge in [-0.05, 0) is 25.7 Å². The molecule has 0 fully saturated rings. The summed E-state index contributed by atoms with van der Waals surface area (Å²) >= 11 is 0. The average Bonchev–Trinajstić information content (AvgIpc) is 2.52. The minimum absolute atomic E-state index is 0. The number of nitrogens with zero attached hydrogens (tertiary/aromatic N) is 1. The van der Waals surface area contributed by atoms with E-state index in [1.807, 2.05) is 7.05 Å². The molecule has 0 N–H and O–H groups in total. The largest absolute Gasteiger partial charge is 0.633 e. The molecule has 0 unspecified atom stereocenters. The van der Waals surface area contributed by atoms with Crippen LogP contribution < -0.4 is 0 Å². The molecule has 0 atom stereocenters. The Bertz CT molecular complexity index is 212. The molecule has 0 rings (SSSR count). The molecule has 0 saturated heterocycles. The molecule has 0 bridgehead atoms. The molecule has 0 saturated carbocycles. The van der Waals surface area contributed by atoms with E-state index >= 15 is 0 Å². The summed E-state index contributed by atoms with van der Waals surface area (Å²) < 4.78 is -0.00826. The zero-order valence-corrected chi connectivity index (χ0v) is 17.8. The second kappa shape index (κ2) is 19.5. The Balaban J connectivity index is 0. The fourth-order valence-electron chi connectivity index (χ4n) is 3.27. The standard InChI is InChI=1S/C21H45NO.ClH/c1-4-6-8-10-12-14-16-18-20-22(3,23)21-19-17-15-13-11-9-7-5-2;/h4-21H2,1-3H3;1H. The normalized spacial score (nSPS) is 11.5. The summed E-state index contributed by atoms with van der Waals surface area (Å²) in [5, 5.41) is 12.4. The van der Waals surface area contributed by atoms with Crippen molar-refractivity contribution in [3.63, 3.8) is 0 Å². The summed E-state index contributed by atoms with van der Waals surface area (Å²) in [5.41, 5.74) is 0. The molecule has 2 nitrogen and oxygen atoms in total. The second-order valence-electron chi connectivity index (χ2n) is 7.69. The lowest BCUT2D eigenvalue weighted by Gasteiger charge is -2.39. The van der Waals surface area contributed by atoms with Crippen molar-refractivity contribution in [2.24, 2.45) is 0 Å². The van der Waals surface area contributed by atoms with Crippen molar-refractivity contribution in [2.75, 3.05) is 20.1 Å². The van der Waals surface area contributed by atoms with E-state index in [1.165, 1.54) is 89.9 Å². The van der Waals surface area contributed by atoms with Crippen LogP contribution in [0.1, 0.15) is 117 Å². The maximum atomic E-state index is 12.4. The van der Waals surface area contributed by atoms with Crippen LogP contribution in [-0.2, 0) is 0 Å². The van der Waals surface area contributed by atoms with E-state index in [0.717, 1.165) is 25.9 Å². The summed E-state index contributed by atoms with van der Waals surface area (Å²) in [4.78, 5) is 0. The van der Waals surface area contributed by atoms with Crippen LogP contribution >= 0.6 is 12.4 Å². The Hall–Kier alpha value is 0.210. The average molecular weight is 364 g/mol. The Morgan fingerprint density at radius 3 is 1.04 bits per heavy atom. The van der Waals surface area contributed by atoms with Crippen LogP contribution in [-0.4, -0.2) is 24.8 Å². The van der Waals surface area contributed by atoms with E-state index < -0.39 is 0 Å². The zero-order valence-electron chi connectivity index (χ0n) is 17.0. The first-order chi connectivity index (χ1) is 11.1. The van der Waals surface area contributed by atoms with Gasteiger partial charge in [0.15, 0.2) is 0 Å². The summed E-state index contributed by atoms with van der Waals surface area (Å²) in [6.45, 7) is 6.18. The van der Waals surface area contributed by atoms with Gasteiger partial charge in [-0.25, -0.2) is 0 Å². The maximum absolute atomic E-state index is 12.4. The monoisotopic (exact) mass is 363 g/mol. The second-order valence-corrected chi connectivity index (χ2v) is 7.69. The molecular formula is C21H46ClNO. The van der Waals surface area contributed by atoms with Crippen molar-refractivity contribution in [1.82, 2.24) is 0 Å². The quantitative estimate of drug-likeness (QED) is 0.139. The highest BCUT2D eigenvalue weighted by Gasteiger charge is 2.09. The van der Waals surface area contributed by atoms with Crippen molar-refractivity contribution < 1.29 is 4.65 Å². The predicted molar refractivity (Wildman–Crippen MR) is 112 cm³/mol. The van der Waals surface area contributed by atoms with Crippen LogP contribution in [0.2, 0.25) is 0 Å². The van der Waals surface area contributed by atoms with Gasteiger partial charge in [0.1, 0.15) is 0 Å². The van der Waals surface area contributed by atoms with Gasteiger partial charge in [0.2, 0.25) is 0 Å². The van der Waals surface area contributed by atoms with Gasteiger partial charge in [-0.1, -0.05) is 90.9 Å². The molecule has 0 aliphatic carbocycles. The van der Waals surface area contributed by atoms with Gasteiger partial charge < -0.3 is 9.85 Å². The smallest absolute Gasteiger partial charge is 0.0781 e. The Kier molecular flexibility index (Phi) is 21.5. The van der Waals surface area contributed by atoms with E-state index in [9.17, 15) is 5.21 Å². The van der Waals surface area contributed by atoms with Gasteiger partial charge in [-0.3, -0.25) is 0 Å². The molecule has 24 heavy (non-hydrogen) atoms. The lowest BCUT2D eigenvalue weighted by atomic mass is 10.1. The fourth-order valence-corrected chi connectivity index (χ4v) is 3.27. The molecule has 3 heteroatoms. The Morgan fingerprint density at radius 2 is 0.750 bits per heavy atom. The molecule has 0 heterocycles. The van der Waals surface area contributed by atoms with Crippen molar-refractivity contribution in [1.29, 1.82) is 0 Å². The zero-order chi connectivity index (χ0) is 17.2. The van der Waals surface area contributed by atoms with Crippen LogP contribution in [0.25, 0.3) is 0 Å². The predicted octanol–water partition coefficient (Wildman–Crippen LogP) is 7.63. The Morgan fingerprint density at radius 1 is 0.500 bits per heavy atom. The summed E-state index contributed by atoms with van der Waals surface area (Å²) in [6.07, 6.45) is 21.1. The van der Waals surface area contributed by atoms with Crippen LogP contribution in [0, 0.1) is 5.21 Å². The van der Waals surface area contributed by atoms with E-state index in [4.69, 9.17) is 0 Å². The molecule has 0 aromatic carbocycles. The van der Waals surface area contributed by atoms with E-state index in [-0.39, 0.29) is 17.1 Å². The van der Waals surface area contributed by atoms with Crippen LogP contribution in [0.3, 0.4) is 0 Å². The molecule has 0 aromatic heterocycles. The highest BCUT2D eigenvalue weighted by atomic mass is 35.5. The van der Waals surface area contributed by atoms with Gasteiger partial charge in [-0.2, -0.15) is 0 Å². The van der Waals surface area contributed by atoms with E-state index in [1.54, 1.807) is 0 Å². The number of hydrogen-bond donors (Lipinski definition) is 0. The first kappa shape index (κ1) is 26.4. The third-order valence-electron chi connectivity index (χ3n) is 4.97. The maximum Gasteiger partial charge on any atom is 0.0781 e. The highest BCUT2D eigenvalue weighted by Crippen LogP contribution is 2.13. The van der Waals surface area contributed by atoms with Gasteiger partial charge in [-0.15, -0.1) is 12.4 Å². The molecule has 0 aliphatic heterocycles. The van der Waals surface area contributed by atoms with E-state index in [0.29, 0.717) is 0 Å². The number of halogens is 1. The van der Waals surface area contributed by atoms with Crippen molar-refractivity contribution >= 4 is 12.4 Å². The number of rotatable bonds is 18. The molecule has 0 aromatic rings. The van der Waals surface area contributed by atoms with Crippen molar-refractivity contribution in [3.05, 3.63) is 5.21 Å². The van der Waals surface area contributed by atoms with Crippen molar-refractivity contribution in [2.45, 2.75) is 117 Å². The SMILES string of the molecule is CCCCCCCCCC[N+](C)([O-])CCCCCCCCCC.Cl. The molecule has 148 valence electrons. The number of hydroxylamine groups is 3. The van der Waals surface area contributed by atoms with Crippen LogP contribution in [0.5, 0.6) is 0 Å². The molecule has 0 spiro atoms. The highest BCUT2D eigenvalue weighted by molar-refractivity contribution is 5.85. The Labute approximate surface area is 159 Å².